The number of aromatic nitrogens is 4. The van der Waals surface area contributed by atoms with Gasteiger partial charge < -0.3 is 5.32 Å². The van der Waals surface area contributed by atoms with E-state index >= 15 is 0 Å². The average Bonchev–Trinajstić information content (AvgIpc) is 2.97. The molecule has 0 spiro atoms. The van der Waals surface area contributed by atoms with Crippen molar-refractivity contribution in [3.63, 3.8) is 0 Å². The summed E-state index contributed by atoms with van der Waals surface area (Å²) in [5.41, 5.74) is 2.45. The first-order valence-corrected chi connectivity index (χ1v) is 7.31. The van der Waals surface area contributed by atoms with Crippen molar-refractivity contribution in [3.8, 4) is 0 Å². The lowest BCUT2D eigenvalue weighted by atomic mass is 10.2. The Hall–Kier alpha value is -2.71. The summed E-state index contributed by atoms with van der Waals surface area (Å²) >= 11 is 0. The van der Waals surface area contributed by atoms with Crippen LogP contribution in [-0.2, 0) is 24.4 Å². The molecule has 1 N–H and O–H groups in total. The lowest BCUT2D eigenvalue weighted by molar-refractivity contribution is -0.386. The zero-order valence-electron chi connectivity index (χ0n) is 13.7. The Morgan fingerprint density at radius 3 is 2.52 bits per heavy atom. The third kappa shape index (κ3) is 3.55. The zero-order chi connectivity index (χ0) is 17.1. The predicted molar refractivity (Wildman–Crippen MR) is 82.8 cm³/mol. The number of carbonyl (C=O) groups excluding carboxylic acids is 1. The lowest BCUT2D eigenvalue weighted by Gasteiger charge is -2.05. The molecule has 0 saturated heterocycles. The number of aryl methyl sites for hydroxylation is 3. The topological polar surface area (TPSA) is 108 Å². The molecule has 0 saturated carbocycles. The van der Waals surface area contributed by atoms with Crippen LogP contribution in [0, 0.1) is 30.9 Å². The van der Waals surface area contributed by atoms with Gasteiger partial charge in [0.2, 0.25) is 5.91 Å². The van der Waals surface area contributed by atoms with Crippen molar-refractivity contribution in [1.82, 2.24) is 24.9 Å². The normalized spacial score (nSPS) is 10.8. The molecule has 1 amide bonds. The molecule has 2 heterocycles. The van der Waals surface area contributed by atoms with Crippen LogP contribution in [0.2, 0.25) is 0 Å². The quantitative estimate of drug-likeness (QED) is 0.636. The standard InChI is InChI=1S/C14H20N6O3/c1-5-18-7-12(9(2)16-18)6-15-13(21)8-19-11(4)14(20(22)23)10(3)17-19/h7H,5-6,8H2,1-4H3,(H,15,21). The van der Waals surface area contributed by atoms with Crippen LogP contribution in [-0.4, -0.2) is 30.4 Å². The van der Waals surface area contributed by atoms with Crippen molar-refractivity contribution in [2.45, 2.75) is 47.3 Å². The SMILES string of the molecule is CCn1cc(CNC(=O)Cn2nc(C)c([N+](=O)[O-])c2C)c(C)n1. The maximum Gasteiger partial charge on any atom is 0.312 e. The molecule has 0 fully saturated rings. The van der Waals surface area contributed by atoms with E-state index in [4.69, 9.17) is 0 Å². The van der Waals surface area contributed by atoms with Crippen LogP contribution in [0.1, 0.15) is 29.6 Å². The number of hydrogen-bond donors (Lipinski definition) is 1. The Labute approximate surface area is 133 Å². The fraction of sp³-hybridized carbons (Fsp3) is 0.500. The highest BCUT2D eigenvalue weighted by atomic mass is 16.6. The maximum atomic E-state index is 12.0. The molecule has 0 atom stereocenters. The number of rotatable bonds is 6. The molecule has 9 nitrogen and oxygen atoms in total. The van der Waals surface area contributed by atoms with E-state index < -0.39 is 4.92 Å². The van der Waals surface area contributed by atoms with E-state index in [-0.39, 0.29) is 18.1 Å². The van der Waals surface area contributed by atoms with Crippen molar-refractivity contribution < 1.29 is 9.72 Å². The Kier molecular flexibility index (Phi) is 4.77. The maximum absolute atomic E-state index is 12.0. The second-order valence-electron chi connectivity index (χ2n) is 5.31. The molecule has 9 heteroatoms. The zero-order valence-corrected chi connectivity index (χ0v) is 13.7. The highest BCUT2D eigenvalue weighted by Gasteiger charge is 2.22. The Morgan fingerprint density at radius 1 is 1.30 bits per heavy atom. The van der Waals surface area contributed by atoms with E-state index in [2.05, 4.69) is 15.5 Å². The van der Waals surface area contributed by atoms with E-state index in [1.165, 1.54) is 4.68 Å². The van der Waals surface area contributed by atoms with Crippen molar-refractivity contribution in [2.75, 3.05) is 0 Å². The molecule has 2 rings (SSSR count). The highest BCUT2D eigenvalue weighted by molar-refractivity contribution is 5.75. The van der Waals surface area contributed by atoms with Crippen LogP contribution in [0.25, 0.3) is 0 Å². The van der Waals surface area contributed by atoms with Crippen LogP contribution in [0.5, 0.6) is 0 Å². The molecule has 0 aliphatic heterocycles. The monoisotopic (exact) mass is 320 g/mol. The van der Waals surface area contributed by atoms with Gasteiger partial charge in [0.15, 0.2) is 0 Å². The molecular formula is C14H20N6O3. The van der Waals surface area contributed by atoms with Gasteiger partial charge in [0.05, 0.1) is 10.6 Å². The van der Waals surface area contributed by atoms with Crippen molar-refractivity contribution in [2.24, 2.45) is 0 Å². The van der Waals surface area contributed by atoms with Gasteiger partial charge in [-0.15, -0.1) is 0 Å². The van der Waals surface area contributed by atoms with Gasteiger partial charge in [-0.3, -0.25) is 24.3 Å². The molecule has 0 aliphatic carbocycles. The molecule has 23 heavy (non-hydrogen) atoms. The third-order valence-corrected chi connectivity index (χ3v) is 3.67. The summed E-state index contributed by atoms with van der Waals surface area (Å²) < 4.78 is 3.16. The van der Waals surface area contributed by atoms with Crippen LogP contribution in [0.15, 0.2) is 6.20 Å². The van der Waals surface area contributed by atoms with Crippen LogP contribution in [0.4, 0.5) is 5.69 Å². The summed E-state index contributed by atoms with van der Waals surface area (Å²) in [5.74, 6) is -0.255. The van der Waals surface area contributed by atoms with Crippen molar-refractivity contribution in [3.05, 3.63) is 39.0 Å². The Bertz CT molecular complexity index is 746. The summed E-state index contributed by atoms with van der Waals surface area (Å²) in [6.07, 6.45) is 1.89. The summed E-state index contributed by atoms with van der Waals surface area (Å²) in [5, 5.41) is 22.1. The average molecular weight is 320 g/mol. The third-order valence-electron chi connectivity index (χ3n) is 3.67. The first kappa shape index (κ1) is 16.7. The summed E-state index contributed by atoms with van der Waals surface area (Å²) in [6.45, 7) is 8.10. The molecule has 2 aromatic rings. The van der Waals surface area contributed by atoms with E-state index in [0.717, 1.165) is 17.8 Å². The first-order chi connectivity index (χ1) is 10.8. The van der Waals surface area contributed by atoms with E-state index in [0.29, 0.717) is 17.9 Å². The van der Waals surface area contributed by atoms with Gasteiger partial charge in [-0.2, -0.15) is 10.2 Å². The minimum absolute atomic E-state index is 0.0436. The van der Waals surface area contributed by atoms with Gasteiger partial charge in [0, 0.05) is 24.8 Å². The number of carbonyl (C=O) groups is 1. The molecular weight excluding hydrogens is 300 g/mol. The highest BCUT2D eigenvalue weighted by Crippen LogP contribution is 2.21. The first-order valence-electron chi connectivity index (χ1n) is 7.31. The minimum Gasteiger partial charge on any atom is -0.350 e. The van der Waals surface area contributed by atoms with E-state index in [1.807, 2.05) is 20.0 Å². The summed E-state index contributed by atoms with van der Waals surface area (Å²) in [4.78, 5) is 22.5. The molecule has 2 aromatic heterocycles. The molecule has 0 aliphatic rings. The number of nitro groups is 1. The summed E-state index contributed by atoms with van der Waals surface area (Å²) in [6, 6.07) is 0. The smallest absolute Gasteiger partial charge is 0.312 e. The van der Waals surface area contributed by atoms with Crippen LogP contribution in [0.3, 0.4) is 0 Å². The lowest BCUT2D eigenvalue weighted by Crippen LogP contribution is -2.28. The fourth-order valence-electron chi connectivity index (χ4n) is 2.39. The van der Waals surface area contributed by atoms with Crippen LogP contribution < -0.4 is 5.32 Å². The number of nitrogens with zero attached hydrogens (tertiary/aromatic N) is 5. The van der Waals surface area contributed by atoms with E-state index in [9.17, 15) is 14.9 Å². The Morgan fingerprint density at radius 2 is 2.00 bits per heavy atom. The molecule has 0 unspecified atom stereocenters. The second-order valence-corrected chi connectivity index (χ2v) is 5.31. The number of hydrogen-bond acceptors (Lipinski definition) is 5. The second kappa shape index (κ2) is 6.59. The number of nitrogens with one attached hydrogen (secondary N) is 1. The molecule has 0 radical (unpaired) electrons. The van der Waals surface area contributed by atoms with Gasteiger partial charge >= 0.3 is 5.69 Å². The van der Waals surface area contributed by atoms with Crippen LogP contribution >= 0.6 is 0 Å². The Balaban J connectivity index is 2.01. The van der Waals surface area contributed by atoms with Gasteiger partial charge in [-0.1, -0.05) is 0 Å². The van der Waals surface area contributed by atoms with E-state index in [1.54, 1.807) is 18.5 Å². The molecule has 124 valence electrons. The molecule has 0 bridgehead atoms. The minimum atomic E-state index is -0.478. The largest absolute Gasteiger partial charge is 0.350 e. The van der Waals surface area contributed by atoms with Gasteiger partial charge in [-0.25, -0.2) is 0 Å². The predicted octanol–water partition coefficient (Wildman–Crippen LogP) is 1.25. The van der Waals surface area contributed by atoms with Gasteiger partial charge in [0.1, 0.15) is 17.9 Å². The number of amides is 1. The summed E-state index contributed by atoms with van der Waals surface area (Å²) in [7, 11) is 0. The van der Waals surface area contributed by atoms with Gasteiger partial charge in [0.25, 0.3) is 0 Å². The fourth-order valence-corrected chi connectivity index (χ4v) is 2.39. The van der Waals surface area contributed by atoms with Crippen molar-refractivity contribution >= 4 is 11.6 Å². The van der Waals surface area contributed by atoms with Gasteiger partial charge in [-0.05, 0) is 27.7 Å². The molecule has 0 aromatic carbocycles. The van der Waals surface area contributed by atoms with Crippen molar-refractivity contribution in [1.29, 1.82) is 0 Å².